The second kappa shape index (κ2) is 6.75. The molecule has 0 aliphatic rings. The van der Waals surface area contributed by atoms with Crippen molar-refractivity contribution < 1.29 is 9.47 Å². The first-order valence-corrected chi connectivity index (χ1v) is 6.71. The summed E-state index contributed by atoms with van der Waals surface area (Å²) in [6.07, 6.45) is 0.914. The van der Waals surface area contributed by atoms with Crippen LogP contribution in [0.4, 0.5) is 0 Å². The van der Waals surface area contributed by atoms with Crippen LogP contribution in [0.25, 0.3) is 11.4 Å². The Labute approximate surface area is 117 Å². The average molecular weight is 274 g/mol. The highest BCUT2D eigenvalue weighted by molar-refractivity contribution is 5.64. The molecule has 0 radical (unpaired) electrons. The van der Waals surface area contributed by atoms with Crippen molar-refractivity contribution in [2.24, 2.45) is 0 Å². The smallest absolute Gasteiger partial charge is 0.254 e. The number of nitrogens with one attached hydrogen (secondary N) is 1. The van der Waals surface area contributed by atoms with Crippen LogP contribution in [0.5, 0.6) is 11.6 Å². The third-order valence-electron chi connectivity index (χ3n) is 2.61. The molecule has 106 valence electrons. The van der Waals surface area contributed by atoms with E-state index >= 15 is 0 Å². The zero-order valence-electron chi connectivity index (χ0n) is 11.7. The van der Waals surface area contributed by atoms with Crippen LogP contribution in [0.2, 0.25) is 0 Å². The molecule has 5 heteroatoms. The fraction of sp³-hybridized carbons (Fsp3) is 0.333. The fourth-order valence-corrected chi connectivity index (χ4v) is 1.78. The molecule has 0 saturated carbocycles. The summed E-state index contributed by atoms with van der Waals surface area (Å²) in [7, 11) is 0. The monoisotopic (exact) mass is 274 g/mol. The Morgan fingerprint density at radius 2 is 2.00 bits per heavy atom. The van der Waals surface area contributed by atoms with Crippen LogP contribution < -0.4 is 15.0 Å². The third-order valence-corrected chi connectivity index (χ3v) is 2.61. The van der Waals surface area contributed by atoms with Crippen molar-refractivity contribution >= 4 is 0 Å². The van der Waals surface area contributed by atoms with Gasteiger partial charge in [-0.2, -0.15) is 4.98 Å². The van der Waals surface area contributed by atoms with Gasteiger partial charge in [0.05, 0.1) is 24.8 Å². The van der Waals surface area contributed by atoms with Gasteiger partial charge in [0.2, 0.25) is 5.88 Å². The molecule has 0 saturated heterocycles. The quantitative estimate of drug-likeness (QED) is 0.879. The molecule has 0 bridgehead atoms. The maximum absolute atomic E-state index is 11.7. The molecule has 1 aromatic heterocycles. The van der Waals surface area contributed by atoms with Gasteiger partial charge in [0.25, 0.3) is 5.56 Å². The van der Waals surface area contributed by atoms with Crippen LogP contribution in [0.15, 0.2) is 35.1 Å². The standard InChI is InChI=1S/C15H18N2O3/c1-3-9-20-12-8-6-5-7-11(12)15-16-13(18)10-14(17-15)19-4-2/h5-8,10H,3-4,9H2,1-2H3,(H,16,17,18). The van der Waals surface area contributed by atoms with Gasteiger partial charge >= 0.3 is 0 Å². The average Bonchev–Trinajstić information content (AvgIpc) is 2.45. The van der Waals surface area contributed by atoms with Gasteiger partial charge in [0.15, 0.2) is 0 Å². The van der Waals surface area contributed by atoms with Crippen LogP contribution in [0.1, 0.15) is 20.3 Å². The van der Waals surface area contributed by atoms with Crippen molar-refractivity contribution in [2.45, 2.75) is 20.3 Å². The van der Waals surface area contributed by atoms with Crippen LogP contribution in [-0.2, 0) is 0 Å². The summed E-state index contributed by atoms with van der Waals surface area (Å²) in [4.78, 5) is 18.7. The minimum absolute atomic E-state index is 0.247. The normalized spacial score (nSPS) is 10.3. The summed E-state index contributed by atoms with van der Waals surface area (Å²) in [6, 6.07) is 8.82. The van der Waals surface area contributed by atoms with Crippen LogP contribution >= 0.6 is 0 Å². The Morgan fingerprint density at radius 1 is 1.20 bits per heavy atom. The SMILES string of the molecule is CCCOc1ccccc1-c1nc(OCC)cc(=O)[nH]1. The van der Waals surface area contributed by atoms with Crippen molar-refractivity contribution in [2.75, 3.05) is 13.2 Å². The second-order valence-electron chi connectivity index (χ2n) is 4.21. The lowest BCUT2D eigenvalue weighted by Crippen LogP contribution is -2.10. The van der Waals surface area contributed by atoms with Gasteiger partial charge in [0, 0.05) is 0 Å². The first kappa shape index (κ1) is 14.1. The molecule has 0 atom stereocenters. The first-order valence-electron chi connectivity index (χ1n) is 6.71. The number of aromatic amines is 1. The number of para-hydroxylation sites is 1. The molecule has 1 N–H and O–H groups in total. The minimum atomic E-state index is -0.247. The summed E-state index contributed by atoms with van der Waals surface area (Å²) in [5, 5.41) is 0. The van der Waals surface area contributed by atoms with E-state index in [0.29, 0.717) is 30.7 Å². The lowest BCUT2D eigenvalue weighted by atomic mass is 10.2. The van der Waals surface area contributed by atoms with Gasteiger partial charge in [-0.05, 0) is 25.5 Å². The molecule has 1 aromatic carbocycles. The maximum Gasteiger partial charge on any atom is 0.254 e. The van der Waals surface area contributed by atoms with E-state index in [2.05, 4.69) is 9.97 Å². The third kappa shape index (κ3) is 3.38. The molecule has 0 spiro atoms. The van der Waals surface area contributed by atoms with Crippen LogP contribution in [0.3, 0.4) is 0 Å². The highest BCUT2D eigenvalue weighted by atomic mass is 16.5. The summed E-state index contributed by atoms with van der Waals surface area (Å²) in [6.45, 7) is 4.97. The molecular formula is C15H18N2O3. The second-order valence-corrected chi connectivity index (χ2v) is 4.21. The summed E-state index contributed by atoms with van der Waals surface area (Å²) >= 11 is 0. The topological polar surface area (TPSA) is 64.2 Å². The first-order chi connectivity index (χ1) is 9.74. The molecule has 1 heterocycles. The van der Waals surface area contributed by atoms with E-state index < -0.39 is 0 Å². The summed E-state index contributed by atoms with van der Waals surface area (Å²) in [5.41, 5.74) is 0.503. The molecule has 0 amide bonds. The Balaban J connectivity index is 2.42. The highest BCUT2D eigenvalue weighted by Crippen LogP contribution is 2.27. The number of ether oxygens (including phenoxy) is 2. The molecular weight excluding hydrogens is 256 g/mol. The van der Waals surface area contributed by atoms with Gasteiger partial charge in [-0.15, -0.1) is 0 Å². The zero-order chi connectivity index (χ0) is 14.4. The van der Waals surface area contributed by atoms with Gasteiger partial charge in [-0.3, -0.25) is 4.79 Å². The molecule has 0 aliphatic carbocycles. The molecule has 2 rings (SSSR count). The van der Waals surface area contributed by atoms with E-state index in [9.17, 15) is 4.79 Å². The number of benzene rings is 1. The maximum atomic E-state index is 11.7. The largest absolute Gasteiger partial charge is 0.493 e. The number of rotatable bonds is 6. The fourth-order valence-electron chi connectivity index (χ4n) is 1.78. The Morgan fingerprint density at radius 3 is 2.75 bits per heavy atom. The zero-order valence-corrected chi connectivity index (χ0v) is 11.7. The van der Waals surface area contributed by atoms with E-state index in [4.69, 9.17) is 9.47 Å². The number of hydrogen-bond acceptors (Lipinski definition) is 4. The molecule has 20 heavy (non-hydrogen) atoms. The minimum Gasteiger partial charge on any atom is -0.493 e. The van der Waals surface area contributed by atoms with E-state index in [1.165, 1.54) is 6.07 Å². The number of hydrogen-bond donors (Lipinski definition) is 1. The molecule has 2 aromatic rings. The van der Waals surface area contributed by atoms with Crippen molar-refractivity contribution in [1.29, 1.82) is 0 Å². The van der Waals surface area contributed by atoms with Crippen molar-refractivity contribution in [3.63, 3.8) is 0 Å². The van der Waals surface area contributed by atoms with E-state index in [-0.39, 0.29) is 5.56 Å². The predicted octanol–water partition coefficient (Wildman–Crippen LogP) is 2.62. The Kier molecular flexibility index (Phi) is 4.76. The lowest BCUT2D eigenvalue weighted by molar-refractivity contribution is 0.317. The van der Waals surface area contributed by atoms with Crippen molar-refractivity contribution in [3.8, 4) is 23.0 Å². The van der Waals surface area contributed by atoms with Gasteiger partial charge in [-0.1, -0.05) is 19.1 Å². The van der Waals surface area contributed by atoms with Gasteiger partial charge < -0.3 is 14.5 Å². The van der Waals surface area contributed by atoms with Crippen LogP contribution in [-0.4, -0.2) is 23.2 Å². The summed E-state index contributed by atoms with van der Waals surface area (Å²) < 4.78 is 11.0. The number of H-pyrrole nitrogens is 1. The Hall–Kier alpha value is -2.30. The summed E-state index contributed by atoms with van der Waals surface area (Å²) in [5.74, 6) is 1.47. The number of nitrogens with zero attached hydrogens (tertiary/aromatic N) is 1. The highest BCUT2D eigenvalue weighted by Gasteiger charge is 2.10. The van der Waals surface area contributed by atoms with Crippen molar-refractivity contribution in [1.82, 2.24) is 9.97 Å². The van der Waals surface area contributed by atoms with E-state index in [1.807, 2.05) is 38.1 Å². The predicted molar refractivity (Wildman–Crippen MR) is 77.2 cm³/mol. The molecule has 0 fully saturated rings. The van der Waals surface area contributed by atoms with Gasteiger partial charge in [-0.25, -0.2) is 0 Å². The van der Waals surface area contributed by atoms with Gasteiger partial charge in [0.1, 0.15) is 11.6 Å². The van der Waals surface area contributed by atoms with E-state index in [0.717, 1.165) is 12.0 Å². The molecule has 0 unspecified atom stereocenters. The number of aromatic nitrogens is 2. The van der Waals surface area contributed by atoms with Crippen LogP contribution in [0, 0.1) is 0 Å². The lowest BCUT2D eigenvalue weighted by Gasteiger charge is -2.10. The molecule has 0 aliphatic heterocycles. The molecule has 5 nitrogen and oxygen atoms in total. The Bertz CT molecular complexity index is 623. The van der Waals surface area contributed by atoms with E-state index in [1.54, 1.807) is 0 Å². The van der Waals surface area contributed by atoms with Crippen molar-refractivity contribution in [3.05, 3.63) is 40.7 Å².